The van der Waals surface area contributed by atoms with E-state index in [2.05, 4.69) is 4.90 Å². The maximum atomic E-state index is 12.4. The van der Waals surface area contributed by atoms with Crippen molar-refractivity contribution in [2.45, 2.75) is 24.7 Å². The third-order valence-electron chi connectivity index (χ3n) is 3.00. The maximum Gasteiger partial charge on any atom is 0.204 e. The minimum Gasteiger partial charge on any atom is -0.377 e. The van der Waals surface area contributed by atoms with Gasteiger partial charge in [-0.1, -0.05) is 18.2 Å². The van der Waals surface area contributed by atoms with Gasteiger partial charge in [-0.2, -0.15) is 0 Å². The summed E-state index contributed by atoms with van der Waals surface area (Å²) >= 11 is 0. The van der Waals surface area contributed by atoms with Gasteiger partial charge >= 0.3 is 0 Å². The van der Waals surface area contributed by atoms with Gasteiger partial charge in [0, 0.05) is 19.3 Å². The lowest BCUT2D eigenvalue weighted by atomic mass is 10.2. The van der Waals surface area contributed by atoms with E-state index in [0.717, 1.165) is 19.5 Å². The van der Waals surface area contributed by atoms with Crippen molar-refractivity contribution in [1.29, 1.82) is 0 Å². The fourth-order valence-corrected chi connectivity index (χ4v) is 3.51. The molecule has 4 heteroatoms. The van der Waals surface area contributed by atoms with Crippen LogP contribution in [0.25, 0.3) is 0 Å². The van der Waals surface area contributed by atoms with Crippen LogP contribution in [0.4, 0.5) is 0 Å². The molecule has 92 valence electrons. The highest BCUT2D eigenvalue weighted by atomic mass is 32.2. The van der Waals surface area contributed by atoms with E-state index in [1.54, 1.807) is 30.5 Å². The molecule has 2 rings (SSSR count). The maximum absolute atomic E-state index is 12.4. The minimum absolute atomic E-state index is 0.393. The lowest BCUT2D eigenvalue weighted by Gasteiger charge is -2.25. The van der Waals surface area contributed by atoms with Gasteiger partial charge in [0.25, 0.3) is 0 Å². The average molecular weight is 251 g/mol. The number of hydrogen-bond donors (Lipinski definition) is 0. The van der Waals surface area contributed by atoms with Crippen LogP contribution in [0.1, 0.15) is 19.8 Å². The van der Waals surface area contributed by atoms with E-state index < -0.39 is 9.84 Å². The van der Waals surface area contributed by atoms with Crippen LogP contribution in [-0.2, 0) is 9.84 Å². The second-order valence-corrected chi connectivity index (χ2v) is 6.15. The van der Waals surface area contributed by atoms with Crippen LogP contribution in [0.3, 0.4) is 0 Å². The highest BCUT2D eigenvalue weighted by Crippen LogP contribution is 2.26. The van der Waals surface area contributed by atoms with Crippen LogP contribution in [0.5, 0.6) is 0 Å². The Hall–Kier alpha value is -1.29. The fourth-order valence-electron chi connectivity index (χ4n) is 1.99. The molecule has 0 fully saturated rings. The standard InChI is InChI=1S/C13H17NO2S/c1-2-14-10-6-9-13(11-14)17(15,16)12-7-4-3-5-8-12/h3-5,7-8,11H,2,6,9-10H2,1H3. The Balaban J connectivity index is 2.37. The highest BCUT2D eigenvalue weighted by Gasteiger charge is 2.23. The number of rotatable bonds is 3. The van der Waals surface area contributed by atoms with Crippen LogP contribution < -0.4 is 0 Å². The third-order valence-corrected chi connectivity index (χ3v) is 4.89. The van der Waals surface area contributed by atoms with Crippen LogP contribution in [-0.4, -0.2) is 26.4 Å². The monoisotopic (exact) mass is 251 g/mol. The van der Waals surface area contributed by atoms with Gasteiger partial charge in [0.15, 0.2) is 0 Å². The van der Waals surface area contributed by atoms with Crippen molar-refractivity contribution >= 4 is 9.84 Å². The van der Waals surface area contributed by atoms with Crippen LogP contribution in [0.2, 0.25) is 0 Å². The zero-order valence-corrected chi connectivity index (χ0v) is 10.8. The van der Waals surface area contributed by atoms with Gasteiger partial charge in [0.1, 0.15) is 0 Å². The fraction of sp³-hybridized carbons (Fsp3) is 0.385. The van der Waals surface area contributed by atoms with Crippen molar-refractivity contribution in [2.75, 3.05) is 13.1 Å². The first-order valence-corrected chi connectivity index (χ1v) is 7.38. The molecule has 0 saturated carbocycles. The number of hydrogen-bond acceptors (Lipinski definition) is 3. The summed E-state index contributed by atoms with van der Waals surface area (Å²) in [4.78, 5) is 2.99. The quantitative estimate of drug-likeness (QED) is 0.828. The van der Waals surface area contributed by atoms with Crippen molar-refractivity contribution in [3.63, 3.8) is 0 Å². The van der Waals surface area contributed by atoms with E-state index in [0.29, 0.717) is 16.2 Å². The van der Waals surface area contributed by atoms with Gasteiger partial charge in [-0.15, -0.1) is 0 Å². The molecule has 1 aromatic rings. The molecule has 0 atom stereocenters. The molecule has 0 bridgehead atoms. The van der Waals surface area contributed by atoms with Crippen LogP contribution in [0.15, 0.2) is 46.3 Å². The molecule has 3 nitrogen and oxygen atoms in total. The van der Waals surface area contributed by atoms with Crippen molar-refractivity contribution in [2.24, 2.45) is 0 Å². The number of benzene rings is 1. The lowest BCUT2D eigenvalue weighted by molar-refractivity contribution is 0.370. The Bertz CT molecular complexity index is 505. The van der Waals surface area contributed by atoms with E-state index in [-0.39, 0.29) is 0 Å². The van der Waals surface area contributed by atoms with E-state index in [9.17, 15) is 8.42 Å². The molecular formula is C13H17NO2S. The Kier molecular flexibility index (Phi) is 3.52. The summed E-state index contributed by atoms with van der Waals surface area (Å²) in [6.45, 7) is 3.84. The second-order valence-electron chi connectivity index (χ2n) is 4.14. The summed E-state index contributed by atoms with van der Waals surface area (Å²) in [5.74, 6) is 0. The number of allylic oxidation sites excluding steroid dienone is 1. The minimum atomic E-state index is -3.29. The normalized spacial score (nSPS) is 16.8. The first-order valence-electron chi connectivity index (χ1n) is 5.89. The molecule has 0 aliphatic carbocycles. The molecule has 1 heterocycles. The summed E-state index contributed by atoms with van der Waals surface area (Å²) in [6, 6.07) is 8.65. The smallest absolute Gasteiger partial charge is 0.204 e. The van der Waals surface area contributed by atoms with Gasteiger partial charge in [0.05, 0.1) is 9.80 Å². The Morgan fingerprint density at radius 1 is 1.24 bits per heavy atom. The highest BCUT2D eigenvalue weighted by molar-refractivity contribution is 7.95. The number of nitrogens with zero attached hydrogens (tertiary/aromatic N) is 1. The zero-order valence-electron chi connectivity index (χ0n) is 9.96. The molecule has 17 heavy (non-hydrogen) atoms. The van der Waals surface area contributed by atoms with Crippen molar-refractivity contribution in [3.05, 3.63) is 41.4 Å². The third kappa shape index (κ3) is 2.52. The van der Waals surface area contributed by atoms with Gasteiger partial charge < -0.3 is 4.90 Å². The molecule has 0 unspecified atom stereocenters. The molecule has 1 aliphatic heterocycles. The largest absolute Gasteiger partial charge is 0.377 e. The average Bonchev–Trinajstić information content (AvgIpc) is 2.40. The van der Waals surface area contributed by atoms with Gasteiger partial charge in [-0.3, -0.25) is 0 Å². The first kappa shape index (κ1) is 12.2. The Labute approximate surface area is 103 Å². The summed E-state index contributed by atoms with van der Waals surface area (Å²) in [5.41, 5.74) is 0. The molecule has 1 aliphatic rings. The van der Waals surface area contributed by atoms with E-state index in [1.807, 2.05) is 13.0 Å². The second kappa shape index (κ2) is 4.92. The predicted molar refractivity (Wildman–Crippen MR) is 68.2 cm³/mol. The molecule has 1 aromatic carbocycles. The lowest BCUT2D eigenvalue weighted by Crippen LogP contribution is -2.24. The molecule has 0 N–H and O–H groups in total. The van der Waals surface area contributed by atoms with Gasteiger partial charge in [-0.25, -0.2) is 8.42 Å². The summed E-state index contributed by atoms with van der Waals surface area (Å²) < 4.78 is 24.7. The van der Waals surface area contributed by atoms with Crippen LogP contribution >= 0.6 is 0 Å². The molecular weight excluding hydrogens is 234 g/mol. The molecule has 0 radical (unpaired) electrons. The summed E-state index contributed by atoms with van der Waals surface area (Å²) in [7, 11) is -3.29. The molecule has 0 aromatic heterocycles. The van der Waals surface area contributed by atoms with Crippen molar-refractivity contribution in [1.82, 2.24) is 4.90 Å². The molecule has 0 amide bonds. The number of sulfone groups is 1. The topological polar surface area (TPSA) is 37.4 Å². The predicted octanol–water partition coefficient (Wildman–Crippen LogP) is 2.42. The molecule has 0 saturated heterocycles. The van der Waals surface area contributed by atoms with Gasteiger partial charge in [0.2, 0.25) is 9.84 Å². The van der Waals surface area contributed by atoms with Crippen molar-refractivity contribution in [3.8, 4) is 0 Å². The Morgan fingerprint density at radius 3 is 2.59 bits per heavy atom. The van der Waals surface area contributed by atoms with Crippen LogP contribution in [0, 0.1) is 0 Å². The molecule has 0 spiro atoms. The van der Waals surface area contributed by atoms with Gasteiger partial charge in [-0.05, 0) is 31.9 Å². The van der Waals surface area contributed by atoms with E-state index >= 15 is 0 Å². The van der Waals surface area contributed by atoms with E-state index in [1.165, 1.54) is 0 Å². The van der Waals surface area contributed by atoms with Crippen molar-refractivity contribution < 1.29 is 8.42 Å². The summed E-state index contributed by atoms with van der Waals surface area (Å²) in [5, 5.41) is 0. The SMILES string of the molecule is CCN1C=C(S(=O)(=O)c2ccccc2)CCC1. The first-order chi connectivity index (χ1) is 8.14. The van der Waals surface area contributed by atoms with E-state index in [4.69, 9.17) is 0 Å². The Morgan fingerprint density at radius 2 is 1.94 bits per heavy atom. The zero-order chi connectivity index (χ0) is 12.3. The summed E-state index contributed by atoms with van der Waals surface area (Å²) in [6.07, 6.45) is 3.35.